The number of halogens is 2. The van der Waals surface area contributed by atoms with Crippen molar-refractivity contribution in [3.05, 3.63) is 80.8 Å². The predicted octanol–water partition coefficient (Wildman–Crippen LogP) is 7.61. The summed E-state index contributed by atoms with van der Waals surface area (Å²) >= 11 is 13.3. The Morgan fingerprint density at radius 2 is 0.962 bits per heavy atom. The van der Waals surface area contributed by atoms with Crippen LogP contribution < -0.4 is 0 Å². The second kappa shape index (κ2) is 4.94. The fraction of sp³-hybridized carbons (Fsp3) is 0.250. The van der Waals surface area contributed by atoms with Gasteiger partial charge in [0, 0.05) is 32.0 Å². The number of hydrogen-bond donors (Lipinski definition) is 0. The van der Waals surface area contributed by atoms with Gasteiger partial charge < -0.3 is 0 Å². The van der Waals surface area contributed by atoms with Crippen molar-refractivity contribution in [1.29, 1.82) is 0 Å². The molecule has 0 radical (unpaired) electrons. The zero-order chi connectivity index (χ0) is 18.4. The molecule has 0 amide bonds. The summed E-state index contributed by atoms with van der Waals surface area (Å²) in [6, 6.07) is 17.2. The third-order valence-electron chi connectivity index (χ3n) is 6.42. The van der Waals surface area contributed by atoms with Gasteiger partial charge in [0.05, 0.1) is 0 Å². The Labute approximate surface area is 164 Å². The Hall–Kier alpha value is -1.76. The van der Waals surface area contributed by atoms with Crippen molar-refractivity contribution in [1.82, 2.24) is 0 Å². The maximum atomic E-state index is 6.64. The van der Waals surface area contributed by atoms with Crippen molar-refractivity contribution in [2.45, 2.75) is 38.5 Å². The van der Waals surface area contributed by atoms with Crippen LogP contribution in [0.3, 0.4) is 0 Å². The SMILES string of the molecule is CC1(C)c2cc3c(cc2-c2c(Cl)cccc21)C(C)(C)c1cccc(Cl)c1-3. The molecule has 0 bridgehead atoms. The molecule has 0 saturated heterocycles. The van der Waals surface area contributed by atoms with Crippen molar-refractivity contribution < 1.29 is 0 Å². The minimum Gasteiger partial charge on any atom is -0.0837 e. The van der Waals surface area contributed by atoms with Gasteiger partial charge in [-0.25, -0.2) is 0 Å². The van der Waals surface area contributed by atoms with Crippen LogP contribution in [0.25, 0.3) is 22.3 Å². The van der Waals surface area contributed by atoms with Crippen molar-refractivity contribution in [3.63, 3.8) is 0 Å². The van der Waals surface area contributed by atoms with Crippen LogP contribution in [-0.4, -0.2) is 0 Å². The van der Waals surface area contributed by atoms with Crippen LogP contribution in [0, 0.1) is 0 Å². The van der Waals surface area contributed by atoms with Gasteiger partial charge in [0.2, 0.25) is 0 Å². The monoisotopic (exact) mass is 378 g/mol. The first kappa shape index (κ1) is 16.4. The molecule has 3 aromatic carbocycles. The predicted molar refractivity (Wildman–Crippen MR) is 112 cm³/mol. The normalized spacial score (nSPS) is 17.5. The highest BCUT2D eigenvalue weighted by Gasteiger charge is 2.42. The molecule has 2 heteroatoms. The Bertz CT molecular complexity index is 1010. The molecule has 0 N–H and O–H groups in total. The van der Waals surface area contributed by atoms with E-state index >= 15 is 0 Å². The quantitative estimate of drug-likeness (QED) is 0.377. The van der Waals surface area contributed by atoms with E-state index in [-0.39, 0.29) is 10.8 Å². The van der Waals surface area contributed by atoms with Gasteiger partial charge in [0.1, 0.15) is 0 Å². The molecule has 130 valence electrons. The largest absolute Gasteiger partial charge is 0.0837 e. The van der Waals surface area contributed by atoms with Crippen molar-refractivity contribution in [2.24, 2.45) is 0 Å². The Kier molecular flexibility index (Phi) is 3.12. The molecule has 26 heavy (non-hydrogen) atoms. The van der Waals surface area contributed by atoms with Gasteiger partial charge in [0.25, 0.3) is 0 Å². The molecular formula is C24H20Cl2. The summed E-state index contributed by atoms with van der Waals surface area (Å²) in [4.78, 5) is 0. The molecular weight excluding hydrogens is 359 g/mol. The summed E-state index contributed by atoms with van der Waals surface area (Å²) in [5, 5.41) is 1.67. The van der Waals surface area contributed by atoms with Crippen molar-refractivity contribution >= 4 is 23.2 Å². The van der Waals surface area contributed by atoms with Crippen molar-refractivity contribution in [3.8, 4) is 22.3 Å². The molecule has 3 aromatic rings. The van der Waals surface area contributed by atoms with Gasteiger partial charge in [0.15, 0.2) is 0 Å². The van der Waals surface area contributed by atoms with Gasteiger partial charge in [-0.15, -0.1) is 0 Å². The molecule has 0 heterocycles. The van der Waals surface area contributed by atoms with E-state index in [4.69, 9.17) is 23.2 Å². The van der Waals surface area contributed by atoms with Crippen LogP contribution >= 0.6 is 23.2 Å². The minimum absolute atomic E-state index is 0.0707. The summed E-state index contributed by atoms with van der Waals surface area (Å²) in [5.74, 6) is 0. The fourth-order valence-corrected chi connectivity index (χ4v) is 5.53. The smallest absolute Gasteiger partial charge is 0.0487 e. The van der Waals surface area contributed by atoms with E-state index < -0.39 is 0 Å². The average Bonchev–Trinajstić information content (AvgIpc) is 2.95. The maximum absolute atomic E-state index is 6.64. The lowest BCUT2D eigenvalue weighted by Gasteiger charge is -2.24. The van der Waals surface area contributed by atoms with Gasteiger partial charge >= 0.3 is 0 Å². The van der Waals surface area contributed by atoms with Gasteiger partial charge in [-0.3, -0.25) is 0 Å². The first-order valence-electron chi connectivity index (χ1n) is 9.02. The lowest BCUT2D eigenvalue weighted by atomic mass is 9.79. The molecule has 0 atom stereocenters. The molecule has 5 rings (SSSR count). The third-order valence-corrected chi connectivity index (χ3v) is 7.05. The first-order chi connectivity index (χ1) is 12.2. The van der Waals surface area contributed by atoms with Gasteiger partial charge in [-0.05, 0) is 57.6 Å². The van der Waals surface area contributed by atoms with Crippen LogP contribution in [-0.2, 0) is 10.8 Å². The van der Waals surface area contributed by atoms with E-state index in [1.54, 1.807) is 0 Å². The molecule has 0 aliphatic heterocycles. The van der Waals surface area contributed by atoms with Crippen LogP contribution in [0.1, 0.15) is 49.9 Å². The molecule has 0 fully saturated rings. The lowest BCUT2D eigenvalue weighted by molar-refractivity contribution is 0.652. The van der Waals surface area contributed by atoms with E-state index in [1.165, 1.54) is 44.5 Å². The summed E-state index contributed by atoms with van der Waals surface area (Å²) in [6.07, 6.45) is 0. The first-order valence-corrected chi connectivity index (χ1v) is 9.78. The fourth-order valence-electron chi connectivity index (χ4n) is 4.98. The lowest BCUT2D eigenvalue weighted by Crippen LogP contribution is -2.16. The van der Waals surface area contributed by atoms with Crippen LogP contribution in [0.15, 0.2) is 48.5 Å². The Balaban J connectivity index is 1.90. The zero-order valence-corrected chi connectivity index (χ0v) is 16.9. The molecule has 2 aliphatic rings. The molecule has 2 aliphatic carbocycles. The van der Waals surface area contributed by atoms with Gasteiger partial charge in [-0.1, -0.05) is 75.2 Å². The van der Waals surface area contributed by atoms with Crippen LogP contribution in [0.5, 0.6) is 0 Å². The topological polar surface area (TPSA) is 0 Å². The Morgan fingerprint density at radius 1 is 0.577 bits per heavy atom. The standard InChI is InChI=1S/C24H20Cl2/c1-23(2)15-7-5-9-19(25)21(15)13-12-18-14(11-17(13)23)22-16(24(18,3)4)8-6-10-20(22)26/h5-12H,1-4H3. The van der Waals surface area contributed by atoms with Crippen LogP contribution in [0.4, 0.5) is 0 Å². The summed E-state index contributed by atoms with van der Waals surface area (Å²) in [5.41, 5.74) is 10.1. The third kappa shape index (κ3) is 1.82. The zero-order valence-electron chi connectivity index (χ0n) is 15.4. The second-order valence-electron chi connectivity index (χ2n) is 8.52. The van der Waals surface area contributed by atoms with E-state index in [2.05, 4.69) is 64.1 Å². The average molecular weight is 379 g/mol. The number of benzene rings is 3. The molecule has 0 spiro atoms. The van der Waals surface area contributed by atoms with Gasteiger partial charge in [-0.2, -0.15) is 0 Å². The second-order valence-corrected chi connectivity index (χ2v) is 9.33. The van der Waals surface area contributed by atoms with E-state index in [1.807, 2.05) is 12.1 Å². The highest BCUT2D eigenvalue weighted by Crippen LogP contribution is 2.58. The Morgan fingerprint density at radius 3 is 1.35 bits per heavy atom. The summed E-state index contributed by atoms with van der Waals surface area (Å²) < 4.78 is 0. The minimum atomic E-state index is -0.0707. The molecule has 0 unspecified atom stereocenters. The van der Waals surface area contributed by atoms with E-state index in [0.29, 0.717) is 0 Å². The maximum Gasteiger partial charge on any atom is 0.0487 e. The van der Waals surface area contributed by atoms with Crippen LogP contribution in [0.2, 0.25) is 10.0 Å². The summed E-state index contributed by atoms with van der Waals surface area (Å²) in [7, 11) is 0. The van der Waals surface area contributed by atoms with E-state index in [9.17, 15) is 0 Å². The molecule has 0 saturated carbocycles. The highest BCUT2D eigenvalue weighted by molar-refractivity contribution is 6.34. The molecule has 0 aromatic heterocycles. The van der Waals surface area contributed by atoms with E-state index in [0.717, 1.165) is 10.0 Å². The number of fused-ring (bicyclic) bond motifs is 6. The number of rotatable bonds is 0. The number of hydrogen-bond acceptors (Lipinski definition) is 0. The van der Waals surface area contributed by atoms with Crippen molar-refractivity contribution in [2.75, 3.05) is 0 Å². The molecule has 0 nitrogen and oxygen atoms in total. The summed E-state index contributed by atoms with van der Waals surface area (Å²) in [6.45, 7) is 9.14. The highest BCUT2D eigenvalue weighted by atomic mass is 35.5.